The van der Waals surface area contributed by atoms with Gasteiger partial charge in [-0.3, -0.25) is 4.98 Å². The number of nitrogens with zero attached hydrogens (tertiary/aromatic N) is 1. The average Bonchev–Trinajstić information content (AvgIpc) is 2.29. The molecule has 0 aliphatic rings. The summed E-state index contributed by atoms with van der Waals surface area (Å²) in [5, 5.41) is 0. The van der Waals surface area contributed by atoms with Crippen molar-refractivity contribution in [2.24, 2.45) is 0 Å². The SMILES string of the molecule is Cc1ccccc1-c1ccc(S(=O)(=O)Cl)cn1. The van der Waals surface area contributed by atoms with Crippen molar-refractivity contribution in [1.82, 2.24) is 4.98 Å². The minimum absolute atomic E-state index is 0.0106. The Morgan fingerprint density at radius 1 is 1.12 bits per heavy atom. The zero-order valence-corrected chi connectivity index (χ0v) is 10.7. The van der Waals surface area contributed by atoms with Gasteiger partial charge in [0.2, 0.25) is 0 Å². The Bertz CT molecular complexity index is 636. The van der Waals surface area contributed by atoms with E-state index in [-0.39, 0.29) is 4.90 Å². The predicted molar refractivity (Wildman–Crippen MR) is 67.4 cm³/mol. The first kappa shape index (κ1) is 12.1. The van der Waals surface area contributed by atoms with E-state index in [1.807, 2.05) is 31.2 Å². The summed E-state index contributed by atoms with van der Waals surface area (Å²) < 4.78 is 22.1. The van der Waals surface area contributed by atoms with E-state index in [1.54, 1.807) is 6.07 Å². The summed E-state index contributed by atoms with van der Waals surface area (Å²) in [6.07, 6.45) is 1.27. The van der Waals surface area contributed by atoms with Crippen molar-refractivity contribution in [3.8, 4) is 11.3 Å². The molecule has 0 amide bonds. The number of halogens is 1. The molecule has 0 bridgehead atoms. The van der Waals surface area contributed by atoms with Crippen LogP contribution in [0.3, 0.4) is 0 Å². The molecule has 0 atom stereocenters. The fraction of sp³-hybridized carbons (Fsp3) is 0.0833. The second-order valence-electron chi connectivity index (χ2n) is 3.63. The lowest BCUT2D eigenvalue weighted by Crippen LogP contribution is -1.93. The lowest BCUT2D eigenvalue weighted by molar-refractivity contribution is 0.609. The highest BCUT2D eigenvalue weighted by atomic mass is 35.7. The lowest BCUT2D eigenvalue weighted by atomic mass is 10.1. The maximum atomic E-state index is 11.1. The number of benzene rings is 1. The highest BCUT2D eigenvalue weighted by Gasteiger charge is 2.10. The van der Waals surface area contributed by atoms with Crippen molar-refractivity contribution in [2.75, 3.05) is 0 Å². The minimum atomic E-state index is -3.70. The fourth-order valence-corrected chi connectivity index (χ4v) is 2.23. The summed E-state index contributed by atoms with van der Waals surface area (Å²) in [6.45, 7) is 1.98. The van der Waals surface area contributed by atoms with Gasteiger partial charge < -0.3 is 0 Å². The third kappa shape index (κ3) is 2.65. The molecule has 0 N–H and O–H groups in total. The normalized spacial score (nSPS) is 11.4. The first-order chi connectivity index (χ1) is 7.98. The monoisotopic (exact) mass is 267 g/mol. The largest absolute Gasteiger partial charge is 0.262 e. The molecule has 1 heterocycles. The van der Waals surface area contributed by atoms with Crippen LogP contribution in [0.15, 0.2) is 47.5 Å². The molecule has 0 saturated carbocycles. The Morgan fingerprint density at radius 2 is 1.82 bits per heavy atom. The van der Waals surface area contributed by atoms with Gasteiger partial charge in [0.1, 0.15) is 4.90 Å². The third-order valence-corrected chi connectivity index (χ3v) is 3.78. The highest BCUT2D eigenvalue weighted by molar-refractivity contribution is 8.13. The highest BCUT2D eigenvalue weighted by Crippen LogP contribution is 2.22. The Morgan fingerprint density at radius 3 is 2.35 bits per heavy atom. The molecule has 0 spiro atoms. The summed E-state index contributed by atoms with van der Waals surface area (Å²) >= 11 is 0. The van der Waals surface area contributed by atoms with Crippen LogP contribution in [0.25, 0.3) is 11.3 Å². The zero-order valence-electron chi connectivity index (χ0n) is 9.09. The Labute approximate surface area is 105 Å². The number of pyridine rings is 1. The maximum absolute atomic E-state index is 11.1. The van der Waals surface area contributed by atoms with Gasteiger partial charge in [-0.1, -0.05) is 24.3 Å². The van der Waals surface area contributed by atoms with Gasteiger partial charge in [0.05, 0.1) is 5.69 Å². The number of hydrogen-bond donors (Lipinski definition) is 0. The Balaban J connectivity index is 2.47. The van der Waals surface area contributed by atoms with E-state index >= 15 is 0 Å². The quantitative estimate of drug-likeness (QED) is 0.786. The second-order valence-corrected chi connectivity index (χ2v) is 6.20. The van der Waals surface area contributed by atoms with Gasteiger partial charge in [-0.25, -0.2) is 8.42 Å². The van der Waals surface area contributed by atoms with Crippen molar-refractivity contribution in [3.05, 3.63) is 48.2 Å². The summed E-state index contributed by atoms with van der Waals surface area (Å²) in [5.74, 6) is 0. The Hall–Kier alpha value is -1.39. The molecular formula is C12H10ClNO2S. The molecule has 0 radical (unpaired) electrons. The molecule has 2 aromatic rings. The molecule has 0 aliphatic carbocycles. The minimum Gasteiger partial charge on any atom is -0.255 e. The maximum Gasteiger partial charge on any atom is 0.262 e. The smallest absolute Gasteiger partial charge is 0.255 e. The molecule has 0 fully saturated rings. The molecular weight excluding hydrogens is 258 g/mol. The van der Waals surface area contributed by atoms with Gasteiger partial charge in [-0.15, -0.1) is 0 Å². The van der Waals surface area contributed by atoms with Crippen molar-refractivity contribution in [2.45, 2.75) is 11.8 Å². The van der Waals surface area contributed by atoms with Crippen LogP contribution < -0.4 is 0 Å². The van der Waals surface area contributed by atoms with Gasteiger partial charge in [0, 0.05) is 22.4 Å². The van der Waals surface area contributed by atoms with Crippen LogP contribution in [0.2, 0.25) is 0 Å². The van der Waals surface area contributed by atoms with Crippen LogP contribution in [0.4, 0.5) is 0 Å². The summed E-state index contributed by atoms with van der Waals surface area (Å²) in [7, 11) is 1.52. The number of rotatable bonds is 2. The molecule has 17 heavy (non-hydrogen) atoms. The molecule has 0 unspecified atom stereocenters. The van der Waals surface area contributed by atoms with Gasteiger partial charge in [0.25, 0.3) is 9.05 Å². The molecule has 5 heteroatoms. The van der Waals surface area contributed by atoms with Crippen molar-refractivity contribution >= 4 is 19.7 Å². The predicted octanol–water partition coefficient (Wildman–Crippen LogP) is 2.98. The first-order valence-corrected chi connectivity index (χ1v) is 7.26. The van der Waals surface area contributed by atoms with E-state index < -0.39 is 9.05 Å². The third-order valence-electron chi connectivity index (χ3n) is 2.44. The van der Waals surface area contributed by atoms with Crippen molar-refractivity contribution in [3.63, 3.8) is 0 Å². The van der Waals surface area contributed by atoms with Gasteiger partial charge >= 0.3 is 0 Å². The van der Waals surface area contributed by atoms with Gasteiger partial charge in [-0.05, 0) is 24.6 Å². The van der Waals surface area contributed by atoms with Crippen LogP contribution in [-0.4, -0.2) is 13.4 Å². The Kier molecular flexibility index (Phi) is 3.17. The summed E-state index contributed by atoms with van der Waals surface area (Å²) in [5.41, 5.74) is 2.79. The van der Waals surface area contributed by atoms with Gasteiger partial charge in [0.15, 0.2) is 0 Å². The lowest BCUT2D eigenvalue weighted by Gasteiger charge is -2.04. The molecule has 0 saturated heterocycles. The van der Waals surface area contributed by atoms with Gasteiger partial charge in [-0.2, -0.15) is 0 Å². The molecule has 0 aliphatic heterocycles. The van der Waals surface area contributed by atoms with Crippen molar-refractivity contribution in [1.29, 1.82) is 0 Å². The summed E-state index contributed by atoms with van der Waals surface area (Å²) in [6, 6.07) is 10.9. The number of aryl methyl sites for hydroxylation is 1. The van der Waals surface area contributed by atoms with Crippen LogP contribution in [0.5, 0.6) is 0 Å². The zero-order chi connectivity index (χ0) is 12.5. The van der Waals surface area contributed by atoms with E-state index in [1.165, 1.54) is 12.3 Å². The van der Waals surface area contributed by atoms with E-state index in [0.717, 1.165) is 16.8 Å². The van der Waals surface area contributed by atoms with Crippen LogP contribution in [0.1, 0.15) is 5.56 Å². The molecule has 2 rings (SSSR count). The van der Waals surface area contributed by atoms with E-state index in [4.69, 9.17) is 10.7 Å². The van der Waals surface area contributed by atoms with Crippen molar-refractivity contribution < 1.29 is 8.42 Å². The van der Waals surface area contributed by atoms with Crippen LogP contribution in [0, 0.1) is 6.92 Å². The van der Waals surface area contributed by atoms with E-state index in [0.29, 0.717) is 0 Å². The topological polar surface area (TPSA) is 47.0 Å². The molecule has 1 aromatic carbocycles. The molecule has 88 valence electrons. The van der Waals surface area contributed by atoms with Crippen LogP contribution in [-0.2, 0) is 9.05 Å². The number of hydrogen-bond acceptors (Lipinski definition) is 3. The summed E-state index contributed by atoms with van der Waals surface area (Å²) in [4.78, 5) is 4.12. The second kappa shape index (κ2) is 4.47. The standard InChI is InChI=1S/C12H10ClNO2S/c1-9-4-2-3-5-11(9)12-7-6-10(8-14-12)17(13,15)16/h2-8H,1H3. The number of aromatic nitrogens is 1. The van der Waals surface area contributed by atoms with E-state index in [2.05, 4.69) is 4.98 Å². The average molecular weight is 268 g/mol. The van der Waals surface area contributed by atoms with E-state index in [9.17, 15) is 8.42 Å². The fourth-order valence-electron chi connectivity index (χ4n) is 1.54. The first-order valence-electron chi connectivity index (χ1n) is 4.95. The van der Waals surface area contributed by atoms with Crippen LogP contribution >= 0.6 is 10.7 Å². The molecule has 1 aromatic heterocycles. The molecule has 3 nitrogen and oxygen atoms in total.